The second-order valence-electron chi connectivity index (χ2n) is 3.41. The molecular weight excluding hydrogens is 278 g/mol. The molecule has 0 amide bonds. The molecule has 1 aromatic heterocycles. The molecule has 1 N–H and O–H groups in total. The molecule has 1 rings (SSSR count). The van der Waals surface area contributed by atoms with E-state index < -0.39 is 0 Å². The number of methoxy groups -OCH3 is 1. The Kier molecular flexibility index (Phi) is 4.76. The molecule has 0 bridgehead atoms. The van der Waals surface area contributed by atoms with E-state index in [1.165, 1.54) is 18.4 Å². The van der Waals surface area contributed by atoms with Gasteiger partial charge in [0.05, 0.1) is 7.11 Å². The Bertz CT molecular complexity index is 338. The van der Waals surface area contributed by atoms with Crippen LogP contribution in [0.4, 0.5) is 0 Å². The molecule has 0 aliphatic heterocycles. The highest BCUT2D eigenvalue weighted by Gasteiger charge is 2.24. The molecule has 0 saturated carbocycles. The maximum Gasteiger partial charge on any atom is 0.328 e. The summed E-state index contributed by atoms with van der Waals surface area (Å²) < 4.78 is 5.72. The van der Waals surface area contributed by atoms with Crippen LogP contribution in [-0.2, 0) is 9.53 Å². The Balaban J connectivity index is 2.91. The first kappa shape index (κ1) is 12.7. The molecule has 1 atom stereocenters. The SMILES string of the molecule is COC(=O)C(NC(C)C)c1sccc1Br. The molecule has 84 valence electrons. The number of ether oxygens (including phenoxy) is 1. The monoisotopic (exact) mass is 291 g/mol. The lowest BCUT2D eigenvalue weighted by Crippen LogP contribution is -2.34. The number of rotatable bonds is 4. The highest BCUT2D eigenvalue weighted by atomic mass is 79.9. The highest BCUT2D eigenvalue weighted by molar-refractivity contribution is 9.10. The van der Waals surface area contributed by atoms with Crippen molar-refractivity contribution in [2.24, 2.45) is 0 Å². The zero-order valence-corrected chi connectivity index (χ0v) is 11.3. The van der Waals surface area contributed by atoms with Crippen molar-refractivity contribution in [2.45, 2.75) is 25.9 Å². The van der Waals surface area contributed by atoms with E-state index in [1.807, 2.05) is 25.3 Å². The molecule has 0 aromatic carbocycles. The van der Waals surface area contributed by atoms with Gasteiger partial charge < -0.3 is 4.74 Å². The van der Waals surface area contributed by atoms with Gasteiger partial charge in [-0.1, -0.05) is 0 Å². The minimum absolute atomic E-state index is 0.225. The minimum atomic E-state index is -0.385. The van der Waals surface area contributed by atoms with Crippen molar-refractivity contribution < 1.29 is 9.53 Å². The van der Waals surface area contributed by atoms with Crippen LogP contribution in [0.2, 0.25) is 0 Å². The molecule has 1 heterocycles. The van der Waals surface area contributed by atoms with Crippen molar-refractivity contribution in [3.63, 3.8) is 0 Å². The second kappa shape index (κ2) is 5.63. The van der Waals surface area contributed by atoms with Crippen molar-refractivity contribution in [1.29, 1.82) is 0 Å². The normalized spacial score (nSPS) is 12.9. The quantitative estimate of drug-likeness (QED) is 0.867. The highest BCUT2D eigenvalue weighted by Crippen LogP contribution is 2.30. The van der Waals surface area contributed by atoms with E-state index in [1.54, 1.807) is 0 Å². The zero-order valence-electron chi connectivity index (χ0n) is 8.91. The van der Waals surface area contributed by atoms with Gasteiger partial charge in [-0.25, -0.2) is 4.79 Å². The molecule has 0 radical (unpaired) electrons. The van der Waals surface area contributed by atoms with Gasteiger partial charge in [-0.3, -0.25) is 5.32 Å². The fraction of sp³-hybridized carbons (Fsp3) is 0.500. The van der Waals surface area contributed by atoms with Crippen molar-refractivity contribution in [3.8, 4) is 0 Å². The average molecular weight is 292 g/mol. The smallest absolute Gasteiger partial charge is 0.328 e. The van der Waals surface area contributed by atoms with E-state index in [4.69, 9.17) is 4.74 Å². The van der Waals surface area contributed by atoms with Crippen LogP contribution in [0, 0.1) is 0 Å². The average Bonchev–Trinajstić information content (AvgIpc) is 2.59. The number of hydrogen-bond donors (Lipinski definition) is 1. The van der Waals surface area contributed by atoms with E-state index in [0.29, 0.717) is 0 Å². The molecule has 5 heteroatoms. The van der Waals surface area contributed by atoms with E-state index >= 15 is 0 Å². The summed E-state index contributed by atoms with van der Waals surface area (Å²) in [5, 5.41) is 5.12. The molecule has 0 fully saturated rings. The molecule has 15 heavy (non-hydrogen) atoms. The first-order valence-corrected chi connectivity index (χ1v) is 6.30. The number of carbonyl (C=O) groups excluding carboxylic acids is 1. The van der Waals surface area contributed by atoms with Gasteiger partial charge in [0.15, 0.2) is 0 Å². The molecule has 0 spiro atoms. The molecule has 0 aliphatic carbocycles. The fourth-order valence-electron chi connectivity index (χ4n) is 1.21. The topological polar surface area (TPSA) is 38.3 Å². The van der Waals surface area contributed by atoms with Crippen LogP contribution >= 0.6 is 27.3 Å². The van der Waals surface area contributed by atoms with Gasteiger partial charge in [0.25, 0.3) is 0 Å². The zero-order chi connectivity index (χ0) is 11.4. The van der Waals surface area contributed by atoms with Gasteiger partial charge in [-0.15, -0.1) is 11.3 Å². The predicted molar refractivity (Wildman–Crippen MR) is 65.0 cm³/mol. The first-order chi connectivity index (χ1) is 7.06. The Hall–Kier alpha value is -0.390. The lowest BCUT2D eigenvalue weighted by atomic mass is 10.2. The van der Waals surface area contributed by atoms with Crippen molar-refractivity contribution in [3.05, 3.63) is 20.8 Å². The maximum atomic E-state index is 11.6. The lowest BCUT2D eigenvalue weighted by Gasteiger charge is -2.18. The molecule has 1 aromatic rings. The minimum Gasteiger partial charge on any atom is -0.468 e. The Morgan fingerprint density at radius 3 is 2.67 bits per heavy atom. The van der Waals surface area contributed by atoms with E-state index in [-0.39, 0.29) is 18.1 Å². The van der Waals surface area contributed by atoms with Gasteiger partial charge in [-0.05, 0) is 41.2 Å². The first-order valence-electron chi connectivity index (χ1n) is 4.63. The Labute approximate surface area is 102 Å². The summed E-state index contributed by atoms with van der Waals surface area (Å²) in [5.41, 5.74) is 0. The number of thiophene rings is 1. The van der Waals surface area contributed by atoms with E-state index in [0.717, 1.165) is 9.35 Å². The summed E-state index contributed by atoms with van der Waals surface area (Å²) in [6, 6.07) is 1.77. The standard InChI is InChI=1S/C10H14BrNO2S/c1-6(2)12-8(10(13)14-3)9-7(11)4-5-15-9/h4-6,8,12H,1-3H3. The lowest BCUT2D eigenvalue weighted by molar-refractivity contribution is -0.143. The number of hydrogen-bond acceptors (Lipinski definition) is 4. The number of esters is 1. The van der Waals surface area contributed by atoms with Gasteiger partial charge in [0.1, 0.15) is 6.04 Å². The van der Waals surface area contributed by atoms with Gasteiger partial charge in [0, 0.05) is 15.4 Å². The largest absolute Gasteiger partial charge is 0.468 e. The maximum absolute atomic E-state index is 11.6. The number of carbonyl (C=O) groups is 1. The molecule has 0 aliphatic rings. The number of nitrogens with one attached hydrogen (secondary N) is 1. The summed E-state index contributed by atoms with van der Waals surface area (Å²) >= 11 is 4.95. The third kappa shape index (κ3) is 3.29. The summed E-state index contributed by atoms with van der Waals surface area (Å²) in [6.07, 6.45) is 0. The van der Waals surface area contributed by atoms with Crippen LogP contribution in [0.3, 0.4) is 0 Å². The Morgan fingerprint density at radius 2 is 2.27 bits per heavy atom. The van der Waals surface area contributed by atoms with Gasteiger partial charge >= 0.3 is 5.97 Å². The summed E-state index contributed by atoms with van der Waals surface area (Å²) in [7, 11) is 1.40. The van der Waals surface area contributed by atoms with Crippen molar-refractivity contribution in [1.82, 2.24) is 5.32 Å². The molecule has 0 saturated heterocycles. The van der Waals surface area contributed by atoms with Gasteiger partial charge in [0.2, 0.25) is 0 Å². The van der Waals surface area contributed by atoms with E-state index in [9.17, 15) is 4.79 Å². The summed E-state index contributed by atoms with van der Waals surface area (Å²) in [6.45, 7) is 3.99. The molecule has 3 nitrogen and oxygen atoms in total. The summed E-state index contributed by atoms with van der Waals surface area (Å²) in [4.78, 5) is 12.6. The van der Waals surface area contributed by atoms with Crippen LogP contribution in [0.25, 0.3) is 0 Å². The molecular formula is C10H14BrNO2S. The summed E-state index contributed by atoms with van der Waals surface area (Å²) in [5.74, 6) is -0.258. The van der Waals surface area contributed by atoms with Crippen LogP contribution in [0.5, 0.6) is 0 Å². The van der Waals surface area contributed by atoms with Crippen molar-refractivity contribution in [2.75, 3.05) is 7.11 Å². The predicted octanol–water partition coefficient (Wildman–Crippen LogP) is 2.72. The third-order valence-corrected chi connectivity index (χ3v) is 3.78. The van der Waals surface area contributed by atoms with Crippen LogP contribution in [0.15, 0.2) is 15.9 Å². The van der Waals surface area contributed by atoms with Crippen LogP contribution in [0.1, 0.15) is 24.8 Å². The Morgan fingerprint density at radius 1 is 1.60 bits per heavy atom. The van der Waals surface area contributed by atoms with E-state index in [2.05, 4.69) is 21.2 Å². The van der Waals surface area contributed by atoms with Crippen LogP contribution < -0.4 is 5.32 Å². The number of halogens is 1. The third-order valence-electron chi connectivity index (χ3n) is 1.84. The van der Waals surface area contributed by atoms with Crippen LogP contribution in [-0.4, -0.2) is 19.1 Å². The molecule has 1 unspecified atom stereocenters. The second-order valence-corrected chi connectivity index (χ2v) is 5.21. The fourth-order valence-corrected chi connectivity index (χ4v) is 2.86. The van der Waals surface area contributed by atoms with Gasteiger partial charge in [-0.2, -0.15) is 0 Å². The van der Waals surface area contributed by atoms with Crippen molar-refractivity contribution >= 4 is 33.2 Å².